The number of amides is 2. The molecular formula is C19H27N3O4S. The second-order valence-corrected chi connectivity index (χ2v) is 8.83. The van der Waals surface area contributed by atoms with E-state index in [1.165, 1.54) is 4.90 Å². The molecule has 3 rings (SSSR count). The summed E-state index contributed by atoms with van der Waals surface area (Å²) in [6.07, 6.45) is 2.05. The summed E-state index contributed by atoms with van der Waals surface area (Å²) in [5, 5.41) is 11.9. The van der Waals surface area contributed by atoms with E-state index in [1.807, 2.05) is 30.0 Å². The number of carbonyl (C=O) groups excluding carboxylic acids is 1. The van der Waals surface area contributed by atoms with Gasteiger partial charge in [0, 0.05) is 35.8 Å². The Hall–Kier alpha value is -1.77. The molecule has 1 aromatic rings. The Bertz CT molecular complexity index is 654. The third-order valence-corrected chi connectivity index (χ3v) is 6.29. The van der Waals surface area contributed by atoms with E-state index in [0.717, 1.165) is 12.8 Å². The predicted octanol–water partition coefficient (Wildman–Crippen LogP) is 1.74. The third-order valence-electron chi connectivity index (χ3n) is 4.79. The van der Waals surface area contributed by atoms with Crippen LogP contribution < -0.4 is 5.32 Å². The molecule has 1 aliphatic carbocycles. The van der Waals surface area contributed by atoms with E-state index in [9.17, 15) is 9.59 Å². The maximum absolute atomic E-state index is 12.6. The van der Waals surface area contributed by atoms with Crippen molar-refractivity contribution in [2.24, 2.45) is 0 Å². The number of thioether (sulfide) groups is 1. The molecule has 2 aliphatic rings. The zero-order chi connectivity index (χ0) is 19.3. The maximum atomic E-state index is 12.6. The summed E-state index contributed by atoms with van der Waals surface area (Å²) in [6.45, 7) is 2.63. The van der Waals surface area contributed by atoms with Crippen molar-refractivity contribution >= 4 is 23.8 Å². The van der Waals surface area contributed by atoms with Gasteiger partial charge in [0.1, 0.15) is 0 Å². The number of ether oxygens (including phenoxy) is 1. The normalized spacial score (nSPS) is 21.1. The molecule has 27 heavy (non-hydrogen) atoms. The van der Waals surface area contributed by atoms with E-state index in [-0.39, 0.29) is 23.4 Å². The average Bonchev–Trinajstić information content (AvgIpc) is 3.40. The summed E-state index contributed by atoms with van der Waals surface area (Å²) < 4.78 is 5.80. The van der Waals surface area contributed by atoms with Crippen LogP contribution in [-0.2, 0) is 9.53 Å². The number of benzene rings is 1. The molecule has 1 saturated carbocycles. The molecule has 2 N–H and O–H groups in total. The molecule has 1 heterocycles. The van der Waals surface area contributed by atoms with Crippen molar-refractivity contribution in [3.8, 4) is 0 Å². The molecule has 8 heteroatoms. The molecule has 0 bridgehead atoms. The molecule has 0 aromatic heterocycles. The summed E-state index contributed by atoms with van der Waals surface area (Å²) >= 11 is 1.84. The minimum absolute atomic E-state index is 0.0364. The van der Waals surface area contributed by atoms with Crippen LogP contribution in [0.5, 0.6) is 0 Å². The summed E-state index contributed by atoms with van der Waals surface area (Å²) in [5.41, 5.74) is 0. The van der Waals surface area contributed by atoms with Gasteiger partial charge in [0.25, 0.3) is 0 Å². The number of hydrogen-bond acceptors (Lipinski definition) is 5. The predicted molar refractivity (Wildman–Crippen MR) is 104 cm³/mol. The molecule has 2 amide bonds. The van der Waals surface area contributed by atoms with Crippen LogP contribution in [-0.4, -0.2) is 84.1 Å². The van der Waals surface area contributed by atoms with Gasteiger partial charge in [-0.25, -0.2) is 4.79 Å². The fourth-order valence-electron chi connectivity index (χ4n) is 3.20. The molecule has 1 aromatic carbocycles. The van der Waals surface area contributed by atoms with Crippen molar-refractivity contribution in [2.45, 2.75) is 28.6 Å². The lowest BCUT2D eigenvalue weighted by Crippen LogP contribution is -2.53. The van der Waals surface area contributed by atoms with Gasteiger partial charge in [-0.3, -0.25) is 9.69 Å². The average molecular weight is 394 g/mol. The highest BCUT2D eigenvalue weighted by molar-refractivity contribution is 8.01. The molecule has 1 atom stereocenters. The number of likely N-dealkylation sites (N-methyl/N-ethyl adjacent to an activating group) is 1. The fraction of sp³-hybridized carbons (Fsp3) is 0.579. The zero-order valence-electron chi connectivity index (χ0n) is 15.6. The van der Waals surface area contributed by atoms with Gasteiger partial charge in [-0.2, -0.15) is 0 Å². The lowest BCUT2D eigenvalue weighted by molar-refractivity contribution is -0.138. The quantitative estimate of drug-likeness (QED) is 0.700. The van der Waals surface area contributed by atoms with Gasteiger partial charge in [0.15, 0.2) is 0 Å². The Morgan fingerprint density at radius 2 is 2.11 bits per heavy atom. The Morgan fingerprint density at radius 1 is 1.37 bits per heavy atom. The molecule has 0 spiro atoms. The third kappa shape index (κ3) is 6.12. The SMILES string of the molecule is CN(CC(=O)O)CC1CN(C(=O)NCC2(Sc3ccccc3)CC2)CCO1. The van der Waals surface area contributed by atoms with Crippen LogP contribution in [0.4, 0.5) is 4.79 Å². The first-order valence-electron chi connectivity index (χ1n) is 9.25. The second kappa shape index (κ2) is 8.95. The van der Waals surface area contributed by atoms with Crippen LogP contribution in [0.3, 0.4) is 0 Å². The van der Waals surface area contributed by atoms with Gasteiger partial charge in [0.05, 0.1) is 19.3 Å². The molecule has 1 unspecified atom stereocenters. The van der Waals surface area contributed by atoms with E-state index >= 15 is 0 Å². The smallest absolute Gasteiger partial charge is 0.317 e. The number of morpholine rings is 1. The highest BCUT2D eigenvalue weighted by Gasteiger charge is 2.44. The number of carboxylic acid groups (broad SMARTS) is 1. The van der Waals surface area contributed by atoms with Crippen LogP contribution in [0.15, 0.2) is 35.2 Å². The molecule has 1 saturated heterocycles. The summed E-state index contributed by atoms with van der Waals surface area (Å²) in [5.74, 6) is -0.867. The number of nitrogens with zero attached hydrogens (tertiary/aromatic N) is 2. The maximum Gasteiger partial charge on any atom is 0.317 e. The van der Waals surface area contributed by atoms with Crippen molar-refractivity contribution in [2.75, 3.05) is 46.4 Å². The minimum Gasteiger partial charge on any atom is -0.480 e. The number of aliphatic carboxylic acids is 1. The highest BCUT2D eigenvalue weighted by Crippen LogP contribution is 2.51. The molecule has 148 valence electrons. The van der Waals surface area contributed by atoms with Gasteiger partial charge in [-0.1, -0.05) is 18.2 Å². The Morgan fingerprint density at radius 3 is 2.78 bits per heavy atom. The van der Waals surface area contributed by atoms with Crippen LogP contribution in [0.2, 0.25) is 0 Å². The second-order valence-electron chi connectivity index (χ2n) is 7.29. The molecule has 7 nitrogen and oxygen atoms in total. The van der Waals surface area contributed by atoms with Crippen LogP contribution in [0.1, 0.15) is 12.8 Å². The number of nitrogens with one attached hydrogen (secondary N) is 1. The minimum atomic E-state index is -0.867. The largest absolute Gasteiger partial charge is 0.480 e. The summed E-state index contributed by atoms with van der Waals surface area (Å²) in [4.78, 5) is 28.1. The fourth-order valence-corrected chi connectivity index (χ4v) is 4.44. The Kier molecular flexibility index (Phi) is 6.62. The molecule has 1 aliphatic heterocycles. The summed E-state index contributed by atoms with van der Waals surface area (Å²) in [6, 6.07) is 10.2. The van der Waals surface area contributed by atoms with Gasteiger partial charge < -0.3 is 20.1 Å². The van der Waals surface area contributed by atoms with Crippen molar-refractivity contribution in [1.29, 1.82) is 0 Å². The van der Waals surface area contributed by atoms with Gasteiger partial charge in [-0.05, 0) is 32.0 Å². The lowest BCUT2D eigenvalue weighted by atomic mass is 10.2. The van der Waals surface area contributed by atoms with E-state index < -0.39 is 5.97 Å². The van der Waals surface area contributed by atoms with E-state index in [2.05, 4.69) is 17.4 Å². The van der Waals surface area contributed by atoms with Crippen molar-refractivity contribution in [1.82, 2.24) is 15.1 Å². The standard InChI is InChI=1S/C19H27N3O4S/c1-21(13-17(23)24)11-15-12-22(9-10-26-15)18(25)20-14-19(7-8-19)27-16-5-3-2-4-6-16/h2-6,15H,7-14H2,1H3,(H,20,25)(H,23,24). The van der Waals surface area contributed by atoms with Crippen LogP contribution in [0, 0.1) is 0 Å². The number of carboxylic acids is 1. The topological polar surface area (TPSA) is 82.1 Å². The van der Waals surface area contributed by atoms with Crippen LogP contribution in [0.25, 0.3) is 0 Å². The number of rotatable bonds is 8. The zero-order valence-corrected chi connectivity index (χ0v) is 16.4. The lowest BCUT2D eigenvalue weighted by Gasteiger charge is -2.34. The number of carbonyl (C=O) groups is 2. The van der Waals surface area contributed by atoms with Gasteiger partial charge in [-0.15, -0.1) is 11.8 Å². The van der Waals surface area contributed by atoms with Gasteiger partial charge in [0.2, 0.25) is 0 Å². The molecule has 0 radical (unpaired) electrons. The van der Waals surface area contributed by atoms with Crippen molar-refractivity contribution in [3.05, 3.63) is 30.3 Å². The van der Waals surface area contributed by atoms with Crippen molar-refractivity contribution < 1.29 is 19.4 Å². The number of hydrogen-bond donors (Lipinski definition) is 2. The molecular weight excluding hydrogens is 366 g/mol. The number of urea groups is 1. The highest BCUT2D eigenvalue weighted by atomic mass is 32.2. The first-order chi connectivity index (χ1) is 13.0. The van der Waals surface area contributed by atoms with E-state index in [4.69, 9.17) is 9.84 Å². The van der Waals surface area contributed by atoms with E-state index in [1.54, 1.807) is 16.8 Å². The first kappa shape index (κ1) is 20.0. The van der Waals surface area contributed by atoms with E-state index in [0.29, 0.717) is 32.8 Å². The van der Waals surface area contributed by atoms with Crippen LogP contribution >= 0.6 is 11.8 Å². The Balaban J connectivity index is 1.44. The first-order valence-corrected chi connectivity index (χ1v) is 10.1. The van der Waals surface area contributed by atoms with Gasteiger partial charge >= 0.3 is 12.0 Å². The Labute approximate surface area is 164 Å². The monoisotopic (exact) mass is 393 g/mol. The van der Waals surface area contributed by atoms with Crippen molar-refractivity contribution in [3.63, 3.8) is 0 Å². The molecule has 2 fully saturated rings. The summed E-state index contributed by atoms with van der Waals surface area (Å²) in [7, 11) is 1.74.